The van der Waals surface area contributed by atoms with Gasteiger partial charge in [-0.1, -0.05) is 18.2 Å². The lowest BCUT2D eigenvalue weighted by Crippen LogP contribution is -2.21. The largest absolute Gasteiger partial charge is 0.573 e. The maximum absolute atomic E-state index is 12.7. The molecule has 1 aliphatic heterocycles. The van der Waals surface area contributed by atoms with E-state index in [9.17, 15) is 18.0 Å². The number of pyridine rings is 1. The van der Waals surface area contributed by atoms with Crippen molar-refractivity contribution in [3.63, 3.8) is 0 Å². The van der Waals surface area contributed by atoms with E-state index in [2.05, 4.69) is 25.3 Å². The number of imidazole rings is 1. The Bertz CT molecular complexity index is 1050. The van der Waals surface area contributed by atoms with Crippen LogP contribution >= 0.6 is 0 Å². The monoisotopic (exact) mass is 407 g/mol. The van der Waals surface area contributed by atoms with Gasteiger partial charge in [0.25, 0.3) is 0 Å². The molecule has 10 heteroatoms. The number of H-pyrrole nitrogens is 1. The molecule has 0 amide bonds. The molecule has 0 spiro atoms. The average Bonchev–Trinajstić information content (AvgIpc) is 3.28. The third-order valence-corrected chi connectivity index (χ3v) is 4.92. The third-order valence-electron chi connectivity index (χ3n) is 4.92. The fraction of sp³-hybridized carbons (Fsp3) is 0.368. The number of nitrogens with zero attached hydrogens (tertiary/aromatic N) is 2. The minimum Gasteiger partial charge on any atom is -0.405 e. The zero-order valence-electron chi connectivity index (χ0n) is 15.4. The molecule has 7 nitrogen and oxygen atoms in total. The molecule has 0 bridgehead atoms. The van der Waals surface area contributed by atoms with Crippen LogP contribution in [0.1, 0.15) is 12.0 Å². The number of aromatic amines is 1. The van der Waals surface area contributed by atoms with Crippen LogP contribution in [0.5, 0.6) is 5.75 Å². The number of fused-ring (bicyclic) bond motifs is 1. The lowest BCUT2D eigenvalue weighted by atomic mass is 10.1. The zero-order chi connectivity index (χ0) is 20.4. The van der Waals surface area contributed by atoms with Gasteiger partial charge in [0, 0.05) is 18.2 Å². The van der Waals surface area contributed by atoms with Gasteiger partial charge < -0.3 is 20.4 Å². The topological polar surface area (TPSA) is 84.0 Å². The average molecular weight is 407 g/mol. The number of hydrogen-bond donors (Lipinski definition) is 3. The van der Waals surface area contributed by atoms with Crippen LogP contribution in [0, 0.1) is 5.92 Å². The predicted molar refractivity (Wildman–Crippen MR) is 102 cm³/mol. The van der Waals surface area contributed by atoms with E-state index in [1.54, 1.807) is 18.3 Å². The Morgan fingerprint density at radius 1 is 1.31 bits per heavy atom. The van der Waals surface area contributed by atoms with E-state index in [4.69, 9.17) is 0 Å². The molecule has 0 aliphatic carbocycles. The SMILES string of the molecule is O=c1[nH]c2cnc(NC[C@@H]3CCNC3)cc2n1Cc1ccccc1OC(F)(F)F. The van der Waals surface area contributed by atoms with E-state index >= 15 is 0 Å². The van der Waals surface area contributed by atoms with Crippen LogP contribution in [0.2, 0.25) is 0 Å². The second-order valence-electron chi connectivity index (χ2n) is 7.00. The lowest BCUT2D eigenvalue weighted by molar-refractivity contribution is -0.274. The summed E-state index contributed by atoms with van der Waals surface area (Å²) in [6, 6.07) is 7.50. The van der Waals surface area contributed by atoms with Crippen molar-refractivity contribution in [2.45, 2.75) is 19.3 Å². The summed E-state index contributed by atoms with van der Waals surface area (Å²) in [4.78, 5) is 19.4. The molecule has 0 radical (unpaired) electrons. The van der Waals surface area contributed by atoms with Crippen LogP contribution in [-0.4, -0.2) is 40.5 Å². The number of nitrogens with one attached hydrogen (secondary N) is 3. The molecule has 1 aliphatic rings. The van der Waals surface area contributed by atoms with Gasteiger partial charge in [-0.2, -0.15) is 0 Å². The predicted octanol–water partition coefficient (Wildman–Crippen LogP) is 2.69. The normalized spacial score (nSPS) is 17.0. The summed E-state index contributed by atoms with van der Waals surface area (Å²) in [7, 11) is 0. The second kappa shape index (κ2) is 7.78. The van der Waals surface area contributed by atoms with E-state index in [-0.39, 0.29) is 17.9 Å². The highest BCUT2D eigenvalue weighted by molar-refractivity contribution is 5.77. The van der Waals surface area contributed by atoms with Crippen LogP contribution in [-0.2, 0) is 6.54 Å². The van der Waals surface area contributed by atoms with Crippen LogP contribution in [0.4, 0.5) is 19.0 Å². The zero-order valence-corrected chi connectivity index (χ0v) is 15.4. The molecule has 3 aromatic rings. The Hall–Kier alpha value is -3.01. The Labute approximate surface area is 163 Å². The van der Waals surface area contributed by atoms with Gasteiger partial charge in [-0.05, 0) is 31.5 Å². The minimum absolute atomic E-state index is 0.0684. The van der Waals surface area contributed by atoms with Crippen molar-refractivity contribution in [2.75, 3.05) is 25.0 Å². The summed E-state index contributed by atoms with van der Waals surface area (Å²) in [6.07, 6.45) is -2.18. The molecule has 1 atom stereocenters. The first-order valence-corrected chi connectivity index (χ1v) is 9.26. The quantitative estimate of drug-likeness (QED) is 0.585. The molecule has 0 unspecified atom stereocenters. The van der Waals surface area contributed by atoms with Gasteiger partial charge in [-0.3, -0.25) is 4.57 Å². The molecule has 4 rings (SSSR count). The highest BCUT2D eigenvalue weighted by Gasteiger charge is 2.32. The number of benzene rings is 1. The van der Waals surface area contributed by atoms with Crippen molar-refractivity contribution < 1.29 is 17.9 Å². The van der Waals surface area contributed by atoms with E-state index in [1.807, 2.05) is 0 Å². The van der Waals surface area contributed by atoms with Crippen LogP contribution in [0.3, 0.4) is 0 Å². The summed E-state index contributed by atoms with van der Waals surface area (Å²) < 4.78 is 43.5. The number of ether oxygens (including phenoxy) is 1. The van der Waals surface area contributed by atoms with Crippen molar-refractivity contribution in [1.82, 2.24) is 19.9 Å². The Balaban J connectivity index is 1.61. The van der Waals surface area contributed by atoms with Crippen molar-refractivity contribution in [2.24, 2.45) is 5.92 Å². The smallest absolute Gasteiger partial charge is 0.405 e. The number of halogens is 3. The Kier molecular flexibility index (Phi) is 5.18. The molecular weight excluding hydrogens is 387 g/mol. The molecule has 154 valence electrons. The summed E-state index contributed by atoms with van der Waals surface area (Å²) in [5.74, 6) is 0.784. The van der Waals surface area contributed by atoms with E-state index in [1.165, 1.54) is 22.8 Å². The first-order valence-electron chi connectivity index (χ1n) is 9.26. The number of para-hydroxylation sites is 1. The number of alkyl halides is 3. The molecule has 3 N–H and O–H groups in total. The second-order valence-corrected chi connectivity index (χ2v) is 7.00. The van der Waals surface area contributed by atoms with Crippen molar-refractivity contribution in [3.8, 4) is 5.75 Å². The lowest BCUT2D eigenvalue weighted by Gasteiger charge is -2.14. The van der Waals surface area contributed by atoms with Gasteiger partial charge in [-0.15, -0.1) is 13.2 Å². The van der Waals surface area contributed by atoms with Crippen molar-refractivity contribution in [3.05, 3.63) is 52.6 Å². The molecule has 3 heterocycles. The summed E-state index contributed by atoms with van der Waals surface area (Å²) >= 11 is 0. The maximum Gasteiger partial charge on any atom is 0.573 e. The molecule has 1 saturated heterocycles. The summed E-state index contributed by atoms with van der Waals surface area (Å²) in [5, 5.41) is 6.56. The molecule has 2 aromatic heterocycles. The van der Waals surface area contributed by atoms with Gasteiger partial charge in [0.1, 0.15) is 11.6 Å². The number of hydrogen-bond acceptors (Lipinski definition) is 5. The number of rotatable bonds is 6. The first-order chi connectivity index (χ1) is 13.9. The standard InChI is InChI=1S/C19H20F3N5O2/c20-19(21,22)29-16-4-2-1-3-13(16)11-27-15-7-17(24-9-12-5-6-23-8-12)25-10-14(15)26-18(27)28/h1-4,7,10,12,23H,5-6,8-9,11H2,(H,24,25)(H,26,28)/t12-/m1/s1. The van der Waals surface area contributed by atoms with Crippen molar-refractivity contribution in [1.29, 1.82) is 0 Å². The van der Waals surface area contributed by atoms with Crippen LogP contribution < -0.4 is 21.1 Å². The molecular formula is C19H20F3N5O2. The van der Waals surface area contributed by atoms with Crippen LogP contribution in [0.15, 0.2) is 41.3 Å². The molecule has 1 aromatic carbocycles. The van der Waals surface area contributed by atoms with Crippen LogP contribution in [0.25, 0.3) is 11.0 Å². The van der Waals surface area contributed by atoms with Crippen molar-refractivity contribution >= 4 is 16.9 Å². The first kappa shape index (κ1) is 19.3. The van der Waals surface area contributed by atoms with Gasteiger partial charge >= 0.3 is 12.1 Å². The third kappa shape index (κ3) is 4.53. The van der Waals surface area contributed by atoms with Gasteiger partial charge in [-0.25, -0.2) is 9.78 Å². The minimum atomic E-state index is -4.81. The summed E-state index contributed by atoms with van der Waals surface area (Å²) in [5.41, 5.74) is 0.882. The van der Waals surface area contributed by atoms with E-state index < -0.39 is 12.1 Å². The maximum atomic E-state index is 12.7. The summed E-state index contributed by atoms with van der Waals surface area (Å²) in [6.45, 7) is 2.62. The van der Waals surface area contributed by atoms with Gasteiger partial charge in [0.2, 0.25) is 0 Å². The van der Waals surface area contributed by atoms with Gasteiger partial charge in [0.15, 0.2) is 0 Å². The fourth-order valence-electron chi connectivity index (χ4n) is 3.48. The number of anilines is 1. The van der Waals surface area contributed by atoms with E-state index in [0.29, 0.717) is 22.8 Å². The Morgan fingerprint density at radius 2 is 2.14 bits per heavy atom. The molecule has 0 saturated carbocycles. The highest BCUT2D eigenvalue weighted by Crippen LogP contribution is 2.27. The molecule has 29 heavy (non-hydrogen) atoms. The number of aromatic nitrogens is 3. The Morgan fingerprint density at radius 3 is 2.90 bits per heavy atom. The molecule has 1 fully saturated rings. The van der Waals surface area contributed by atoms with Gasteiger partial charge in [0.05, 0.1) is 23.8 Å². The highest BCUT2D eigenvalue weighted by atomic mass is 19.4. The fourth-order valence-corrected chi connectivity index (χ4v) is 3.48. The van der Waals surface area contributed by atoms with E-state index in [0.717, 1.165) is 26.1 Å².